The Morgan fingerprint density at radius 1 is 1.06 bits per heavy atom. The minimum absolute atomic E-state index is 0. The van der Waals surface area contributed by atoms with Gasteiger partial charge >= 0.3 is 0 Å². The number of nitrogens with zero attached hydrogens (tertiary/aromatic N) is 2. The van der Waals surface area contributed by atoms with Crippen LogP contribution >= 0.6 is 24.0 Å². The number of hydrogen-bond donors (Lipinski definition) is 2. The van der Waals surface area contributed by atoms with E-state index >= 15 is 0 Å². The highest BCUT2D eigenvalue weighted by molar-refractivity contribution is 14.0. The minimum Gasteiger partial charge on any atom is -0.378 e. The van der Waals surface area contributed by atoms with Crippen molar-refractivity contribution in [3.05, 3.63) is 59.7 Å². The number of benzene rings is 2. The van der Waals surface area contributed by atoms with Gasteiger partial charge < -0.3 is 20.3 Å². The van der Waals surface area contributed by atoms with Gasteiger partial charge in [-0.2, -0.15) is 0 Å². The maximum absolute atomic E-state index is 11.6. The summed E-state index contributed by atoms with van der Waals surface area (Å²) in [5, 5.41) is 6.66. The van der Waals surface area contributed by atoms with Crippen LogP contribution < -0.4 is 15.5 Å². The number of hydrogen-bond acceptors (Lipinski definition) is 5. The molecule has 0 unspecified atom stereocenters. The topological polar surface area (TPSA) is 83.0 Å². The third-order valence-electron chi connectivity index (χ3n) is 5.15. The first-order chi connectivity index (χ1) is 15.0. The molecule has 0 saturated carbocycles. The van der Waals surface area contributed by atoms with Crippen molar-refractivity contribution in [1.29, 1.82) is 0 Å². The lowest BCUT2D eigenvalue weighted by molar-refractivity contribution is 0.122. The van der Waals surface area contributed by atoms with E-state index in [-0.39, 0.29) is 24.0 Å². The van der Waals surface area contributed by atoms with Crippen LogP contribution in [0.3, 0.4) is 0 Å². The zero-order valence-corrected chi connectivity index (χ0v) is 21.9. The third-order valence-corrected chi connectivity index (χ3v) is 6.28. The molecule has 0 amide bonds. The number of ether oxygens (including phenoxy) is 1. The molecule has 0 spiro atoms. The van der Waals surface area contributed by atoms with Gasteiger partial charge in [0, 0.05) is 38.1 Å². The average molecular weight is 573 g/mol. The first-order valence-corrected chi connectivity index (χ1v) is 12.6. The Labute approximate surface area is 208 Å². The molecular formula is C23H33IN4O3S. The summed E-state index contributed by atoms with van der Waals surface area (Å²) < 4.78 is 28.7. The molecular weight excluding hydrogens is 539 g/mol. The number of para-hydroxylation sites is 1. The molecule has 2 aromatic rings. The number of sulfone groups is 1. The number of morpholine rings is 1. The van der Waals surface area contributed by atoms with Crippen molar-refractivity contribution in [1.82, 2.24) is 10.6 Å². The largest absolute Gasteiger partial charge is 0.378 e. The van der Waals surface area contributed by atoms with Crippen molar-refractivity contribution >= 4 is 45.5 Å². The van der Waals surface area contributed by atoms with Crippen LogP contribution in [0.5, 0.6) is 0 Å². The first-order valence-electron chi connectivity index (χ1n) is 10.7. The highest BCUT2D eigenvalue weighted by Gasteiger charge is 2.14. The quantitative estimate of drug-likeness (QED) is 0.288. The van der Waals surface area contributed by atoms with Gasteiger partial charge in [0.2, 0.25) is 0 Å². The van der Waals surface area contributed by atoms with E-state index in [1.54, 1.807) is 12.1 Å². The van der Waals surface area contributed by atoms with Crippen molar-refractivity contribution < 1.29 is 13.2 Å². The molecule has 3 rings (SSSR count). The standard InChI is InChI=1S/C23H32N4O3S.HI/c1-3-24-23(25-13-12-19-8-10-21(11-9-19)31(2,28)29)26-18-20-6-4-5-7-22(20)27-14-16-30-17-15-27;/h4-11H,3,12-18H2,1-2H3,(H2,24,25,26);1H. The first kappa shape index (κ1) is 26.4. The van der Waals surface area contributed by atoms with Gasteiger partial charge in [-0.3, -0.25) is 0 Å². The fourth-order valence-corrected chi connectivity index (χ4v) is 4.12. The van der Waals surface area contributed by atoms with Crippen LogP contribution in [0.15, 0.2) is 58.4 Å². The van der Waals surface area contributed by atoms with E-state index < -0.39 is 9.84 Å². The Hall–Kier alpha value is -1.85. The van der Waals surface area contributed by atoms with Gasteiger partial charge in [-0.1, -0.05) is 30.3 Å². The number of aliphatic imine (C=N–C) groups is 1. The van der Waals surface area contributed by atoms with Crippen LogP contribution in [0.25, 0.3) is 0 Å². The van der Waals surface area contributed by atoms with E-state index in [9.17, 15) is 8.42 Å². The summed E-state index contributed by atoms with van der Waals surface area (Å²) in [6, 6.07) is 15.4. The Bertz CT molecular complexity index is 975. The molecule has 1 aliphatic rings. The minimum atomic E-state index is -3.16. The van der Waals surface area contributed by atoms with Gasteiger partial charge in [0.15, 0.2) is 15.8 Å². The molecule has 2 aromatic carbocycles. The van der Waals surface area contributed by atoms with Crippen molar-refractivity contribution in [2.24, 2.45) is 4.99 Å². The second-order valence-electron chi connectivity index (χ2n) is 7.52. The van der Waals surface area contributed by atoms with Crippen LogP contribution in [0, 0.1) is 0 Å². The molecule has 1 fully saturated rings. The molecule has 0 aromatic heterocycles. The van der Waals surface area contributed by atoms with E-state index in [1.165, 1.54) is 17.5 Å². The third kappa shape index (κ3) is 7.93. The normalized spacial score (nSPS) is 14.6. The van der Waals surface area contributed by atoms with Crippen LogP contribution in [0.1, 0.15) is 18.1 Å². The van der Waals surface area contributed by atoms with E-state index in [1.807, 2.05) is 19.1 Å². The maximum atomic E-state index is 11.6. The van der Waals surface area contributed by atoms with E-state index in [0.29, 0.717) is 18.0 Å². The van der Waals surface area contributed by atoms with Crippen LogP contribution in [0.4, 0.5) is 5.69 Å². The highest BCUT2D eigenvalue weighted by Crippen LogP contribution is 2.22. The number of anilines is 1. The summed E-state index contributed by atoms with van der Waals surface area (Å²) in [4.78, 5) is 7.48. The SMILES string of the molecule is CCNC(=NCc1ccccc1N1CCOCC1)NCCc1ccc(S(C)(=O)=O)cc1.I. The molecule has 9 heteroatoms. The van der Waals surface area contributed by atoms with Crippen LogP contribution in [0.2, 0.25) is 0 Å². The van der Waals surface area contributed by atoms with E-state index in [4.69, 9.17) is 9.73 Å². The van der Waals surface area contributed by atoms with Gasteiger partial charge in [0.25, 0.3) is 0 Å². The number of nitrogens with one attached hydrogen (secondary N) is 2. The molecule has 32 heavy (non-hydrogen) atoms. The van der Waals surface area contributed by atoms with E-state index in [2.05, 4.69) is 39.8 Å². The van der Waals surface area contributed by atoms with Gasteiger partial charge in [-0.25, -0.2) is 13.4 Å². The number of guanidine groups is 1. The van der Waals surface area contributed by atoms with Crippen molar-refractivity contribution in [3.8, 4) is 0 Å². The highest BCUT2D eigenvalue weighted by atomic mass is 127. The molecule has 0 radical (unpaired) electrons. The van der Waals surface area contributed by atoms with Gasteiger partial charge in [0.05, 0.1) is 24.7 Å². The summed E-state index contributed by atoms with van der Waals surface area (Å²) in [6.07, 6.45) is 2.00. The molecule has 0 atom stereocenters. The lowest BCUT2D eigenvalue weighted by atomic mass is 10.1. The monoisotopic (exact) mass is 572 g/mol. The second-order valence-corrected chi connectivity index (χ2v) is 9.53. The Morgan fingerprint density at radius 2 is 1.75 bits per heavy atom. The molecule has 7 nitrogen and oxygen atoms in total. The van der Waals surface area contributed by atoms with Crippen molar-refractivity contribution in [2.45, 2.75) is 24.8 Å². The lowest BCUT2D eigenvalue weighted by Crippen LogP contribution is -2.38. The lowest BCUT2D eigenvalue weighted by Gasteiger charge is -2.30. The summed E-state index contributed by atoms with van der Waals surface area (Å²) in [7, 11) is -3.16. The predicted octanol–water partition coefficient (Wildman–Crippen LogP) is 2.84. The smallest absolute Gasteiger partial charge is 0.191 e. The fraction of sp³-hybridized carbons (Fsp3) is 0.435. The van der Waals surface area contributed by atoms with Crippen LogP contribution in [-0.2, 0) is 27.5 Å². The zero-order chi connectivity index (χ0) is 22.1. The maximum Gasteiger partial charge on any atom is 0.191 e. The summed E-state index contributed by atoms with van der Waals surface area (Å²) >= 11 is 0. The van der Waals surface area contributed by atoms with Gasteiger partial charge in [0.1, 0.15) is 0 Å². The molecule has 0 bridgehead atoms. The average Bonchev–Trinajstić information content (AvgIpc) is 2.78. The second kappa shape index (κ2) is 13.0. The molecule has 0 aliphatic carbocycles. The molecule has 1 heterocycles. The fourth-order valence-electron chi connectivity index (χ4n) is 3.49. The Balaban J connectivity index is 0.00000363. The molecule has 1 saturated heterocycles. The molecule has 1 aliphatic heterocycles. The summed E-state index contributed by atoms with van der Waals surface area (Å²) in [5.41, 5.74) is 3.49. The van der Waals surface area contributed by atoms with Gasteiger partial charge in [-0.15, -0.1) is 24.0 Å². The number of rotatable bonds is 8. The van der Waals surface area contributed by atoms with E-state index in [0.717, 1.165) is 50.8 Å². The van der Waals surface area contributed by atoms with Crippen LogP contribution in [-0.4, -0.2) is 60.0 Å². The Morgan fingerprint density at radius 3 is 2.41 bits per heavy atom. The zero-order valence-electron chi connectivity index (χ0n) is 18.7. The van der Waals surface area contributed by atoms with Crippen molar-refractivity contribution in [2.75, 3.05) is 50.5 Å². The molecule has 176 valence electrons. The molecule has 2 N–H and O–H groups in total. The Kier molecular flexibility index (Phi) is 10.7. The van der Waals surface area contributed by atoms with Gasteiger partial charge in [-0.05, 0) is 42.7 Å². The summed E-state index contributed by atoms with van der Waals surface area (Å²) in [5.74, 6) is 0.770. The predicted molar refractivity (Wildman–Crippen MR) is 141 cm³/mol. The van der Waals surface area contributed by atoms with Crippen molar-refractivity contribution in [3.63, 3.8) is 0 Å². The number of halogens is 1. The summed E-state index contributed by atoms with van der Waals surface area (Å²) in [6.45, 7) is 7.43.